The van der Waals surface area contributed by atoms with E-state index >= 15 is 0 Å². The number of rotatable bonds is 3. The second-order valence-corrected chi connectivity index (χ2v) is 13.1. The molecule has 0 saturated heterocycles. The van der Waals surface area contributed by atoms with Crippen molar-refractivity contribution in [1.82, 2.24) is 0 Å². The van der Waals surface area contributed by atoms with Crippen molar-refractivity contribution in [3.05, 3.63) is 0 Å². The predicted molar refractivity (Wildman–Crippen MR) is 110 cm³/mol. The molecule has 2 fully saturated rings. The van der Waals surface area contributed by atoms with Crippen molar-refractivity contribution in [2.24, 2.45) is 33.5 Å². The molecule has 2 heteroatoms. The van der Waals surface area contributed by atoms with Gasteiger partial charge in [-0.3, -0.25) is 4.79 Å². The molecule has 0 spiro atoms. The highest BCUT2D eigenvalue weighted by molar-refractivity contribution is 5.78. The Morgan fingerprint density at radius 2 is 1.58 bits per heavy atom. The lowest BCUT2D eigenvalue weighted by Gasteiger charge is -2.54. The minimum Gasteiger partial charge on any atom is -0.459 e. The third-order valence-electron chi connectivity index (χ3n) is 7.06. The molecule has 4 atom stereocenters. The van der Waals surface area contributed by atoms with E-state index < -0.39 is 5.41 Å². The van der Waals surface area contributed by atoms with Crippen molar-refractivity contribution < 1.29 is 9.53 Å². The molecule has 0 amide bonds. The summed E-state index contributed by atoms with van der Waals surface area (Å²) in [4.78, 5) is 13.6. The normalized spacial score (nSPS) is 34.1. The molecule has 0 heterocycles. The minimum atomic E-state index is -0.474. The Bertz CT molecular complexity index is 529. The fourth-order valence-electron chi connectivity index (χ4n) is 6.14. The second kappa shape index (κ2) is 6.52. The molecule has 2 rings (SSSR count). The summed E-state index contributed by atoms with van der Waals surface area (Å²) in [7, 11) is 0. The average Bonchev–Trinajstić information content (AvgIpc) is 2.30. The quantitative estimate of drug-likeness (QED) is 0.503. The summed E-state index contributed by atoms with van der Waals surface area (Å²) in [5.41, 5.74) is -0.486. The molecule has 2 saturated carbocycles. The van der Waals surface area contributed by atoms with Crippen molar-refractivity contribution in [2.45, 2.75) is 113 Å². The van der Waals surface area contributed by atoms with Crippen LogP contribution in [0.1, 0.15) is 108 Å². The molecule has 2 aliphatic carbocycles. The monoisotopic (exact) mass is 364 g/mol. The largest absolute Gasteiger partial charge is 0.459 e. The summed E-state index contributed by atoms with van der Waals surface area (Å²) in [6.07, 6.45) is 6.54. The van der Waals surface area contributed by atoms with Crippen LogP contribution in [-0.4, -0.2) is 11.6 Å². The minimum absolute atomic E-state index is 0.0328. The molecule has 0 N–H and O–H groups in total. The summed E-state index contributed by atoms with van der Waals surface area (Å²) in [6, 6.07) is 0. The van der Waals surface area contributed by atoms with E-state index in [2.05, 4.69) is 69.2 Å². The van der Waals surface area contributed by atoms with E-state index in [1.165, 1.54) is 12.8 Å². The van der Waals surface area contributed by atoms with Crippen molar-refractivity contribution in [1.29, 1.82) is 0 Å². The zero-order valence-electron chi connectivity index (χ0n) is 19.2. The summed E-state index contributed by atoms with van der Waals surface area (Å²) in [5.74, 6) is 1.39. The Kier molecular flexibility index (Phi) is 5.46. The number of hydrogen-bond acceptors (Lipinski definition) is 2. The molecule has 0 aromatic rings. The molecule has 2 nitrogen and oxygen atoms in total. The van der Waals surface area contributed by atoms with Gasteiger partial charge in [0.15, 0.2) is 0 Å². The summed E-state index contributed by atoms with van der Waals surface area (Å²) >= 11 is 0. The number of esters is 1. The van der Waals surface area contributed by atoms with Crippen LogP contribution in [-0.2, 0) is 9.53 Å². The molecule has 4 unspecified atom stereocenters. The highest BCUT2D eigenvalue weighted by Gasteiger charge is 2.54. The van der Waals surface area contributed by atoms with Crippen LogP contribution in [0.15, 0.2) is 0 Å². The van der Waals surface area contributed by atoms with Crippen LogP contribution in [0.4, 0.5) is 0 Å². The number of fused-ring (bicyclic) bond motifs is 2. The average molecular weight is 365 g/mol. The van der Waals surface area contributed by atoms with Gasteiger partial charge in [-0.05, 0) is 73.5 Å². The molecular formula is C24H44O2. The second-order valence-electron chi connectivity index (χ2n) is 13.1. The smallest absolute Gasteiger partial charge is 0.312 e. The van der Waals surface area contributed by atoms with E-state index in [0.717, 1.165) is 25.7 Å². The zero-order valence-corrected chi connectivity index (χ0v) is 19.2. The lowest BCUT2D eigenvalue weighted by Crippen LogP contribution is -2.54. The lowest BCUT2D eigenvalue weighted by molar-refractivity contribution is -0.199. The maximum absolute atomic E-state index is 13.6. The van der Waals surface area contributed by atoms with E-state index in [1.807, 2.05) is 0 Å². The van der Waals surface area contributed by atoms with Gasteiger partial charge >= 0.3 is 5.97 Å². The van der Waals surface area contributed by atoms with Crippen LogP contribution in [0.3, 0.4) is 0 Å². The van der Waals surface area contributed by atoms with E-state index in [-0.39, 0.29) is 27.8 Å². The Balaban J connectivity index is 2.32. The Morgan fingerprint density at radius 3 is 2.08 bits per heavy atom. The van der Waals surface area contributed by atoms with Crippen LogP contribution in [0.25, 0.3) is 0 Å². The highest BCUT2D eigenvalue weighted by atomic mass is 16.6. The number of ether oxygens (including phenoxy) is 1. The van der Waals surface area contributed by atoms with Gasteiger partial charge in [0.1, 0.15) is 5.60 Å². The van der Waals surface area contributed by atoms with Crippen LogP contribution < -0.4 is 0 Å². The maximum Gasteiger partial charge on any atom is 0.312 e. The summed E-state index contributed by atoms with van der Waals surface area (Å²) < 4.78 is 6.55. The molecule has 0 radical (unpaired) electrons. The molecule has 26 heavy (non-hydrogen) atoms. The topological polar surface area (TPSA) is 26.3 Å². The Morgan fingerprint density at radius 1 is 1.00 bits per heavy atom. The first kappa shape index (κ1) is 21.8. The summed E-state index contributed by atoms with van der Waals surface area (Å²) in [6.45, 7) is 22.4. The Hall–Kier alpha value is -0.530. The number of carbonyl (C=O) groups excluding carboxylic acids is 1. The first-order chi connectivity index (χ1) is 11.5. The zero-order chi connectivity index (χ0) is 20.2. The number of hydrogen-bond donors (Lipinski definition) is 0. The van der Waals surface area contributed by atoms with Crippen LogP contribution >= 0.6 is 0 Å². The van der Waals surface area contributed by atoms with E-state index in [9.17, 15) is 4.79 Å². The first-order valence-corrected chi connectivity index (χ1v) is 10.7. The van der Waals surface area contributed by atoms with Gasteiger partial charge < -0.3 is 4.74 Å². The highest BCUT2D eigenvalue weighted by Crippen LogP contribution is 2.55. The van der Waals surface area contributed by atoms with Gasteiger partial charge in [-0.2, -0.15) is 0 Å². The Labute approximate surface area is 162 Å². The van der Waals surface area contributed by atoms with E-state index in [4.69, 9.17) is 4.74 Å². The van der Waals surface area contributed by atoms with Gasteiger partial charge in [0.05, 0.1) is 5.41 Å². The summed E-state index contributed by atoms with van der Waals surface area (Å²) in [5, 5.41) is 0. The van der Waals surface area contributed by atoms with Gasteiger partial charge in [-0.25, -0.2) is 0 Å². The third-order valence-corrected chi connectivity index (χ3v) is 7.06. The predicted octanol–water partition coefficient (Wildman–Crippen LogP) is 7.01. The molecule has 2 aliphatic rings. The lowest BCUT2D eigenvalue weighted by atomic mass is 9.57. The van der Waals surface area contributed by atoms with Crippen molar-refractivity contribution >= 4 is 5.97 Å². The van der Waals surface area contributed by atoms with Crippen LogP contribution in [0, 0.1) is 33.5 Å². The fraction of sp³-hybridized carbons (Fsp3) is 0.958. The van der Waals surface area contributed by atoms with E-state index in [1.54, 1.807) is 0 Å². The van der Waals surface area contributed by atoms with Gasteiger partial charge in [-0.1, -0.05) is 62.3 Å². The van der Waals surface area contributed by atoms with Gasteiger partial charge in [0.2, 0.25) is 0 Å². The van der Waals surface area contributed by atoms with Gasteiger partial charge in [0.25, 0.3) is 0 Å². The van der Waals surface area contributed by atoms with Crippen molar-refractivity contribution in [3.63, 3.8) is 0 Å². The molecule has 0 aliphatic heterocycles. The first-order valence-electron chi connectivity index (χ1n) is 10.7. The standard InChI is InChI=1S/C24H44O2/c1-17-11-18-13-22(8,9)16-24(12-17,14-18)26-19(25)23(10,21(5,6)7)15-20(2,3)4/h17-18H,11-16H2,1-10H3. The van der Waals surface area contributed by atoms with Crippen LogP contribution in [0.5, 0.6) is 0 Å². The molecule has 0 aromatic carbocycles. The van der Waals surface area contributed by atoms with E-state index in [0.29, 0.717) is 11.8 Å². The maximum atomic E-state index is 13.6. The SMILES string of the molecule is CC1CC2CC(C)(C)CC(OC(=O)C(C)(CC(C)(C)C)C(C)(C)C)(C1)C2. The molecule has 0 aromatic heterocycles. The van der Waals surface area contributed by atoms with Crippen LogP contribution in [0.2, 0.25) is 0 Å². The van der Waals surface area contributed by atoms with Crippen molar-refractivity contribution in [3.8, 4) is 0 Å². The third kappa shape index (κ3) is 4.65. The van der Waals surface area contributed by atoms with Crippen molar-refractivity contribution in [2.75, 3.05) is 0 Å². The molecule has 2 bridgehead atoms. The molecule has 152 valence electrons. The van der Waals surface area contributed by atoms with Gasteiger partial charge in [0, 0.05) is 0 Å². The number of carbonyl (C=O) groups is 1. The van der Waals surface area contributed by atoms with Gasteiger partial charge in [-0.15, -0.1) is 0 Å². The molecular weight excluding hydrogens is 320 g/mol. The fourth-order valence-corrected chi connectivity index (χ4v) is 6.14.